The van der Waals surface area contributed by atoms with Gasteiger partial charge in [-0.2, -0.15) is 0 Å². The Morgan fingerprint density at radius 3 is 2.27 bits per heavy atom. The van der Waals surface area contributed by atoms with Crippen LogP contribution in [0.1, 0.15) is 44.9 Å². The molecule has 0 saturated heterocycles. The second-order valence-corrected chi connectivity index (χ2v) is 6.78. The zero-order chi connectivity index (χ0) is 21.9. The molecular weight excluding hydrogens is 380 g/mol. The van der Waals surface area contributed by atoms with E-state index in [0.29, 0.717) is 24.7 Å². The first kappa shape index (κ1) is 23.0. The molecule has 0 fully saturated rings. The average Bonchev–Trinajstić information content (AvgIpc) is 2.74. The number of carbonyl (C=O) groups is 2. The fraction of sp³-hybridized carbons (Fsp3) is 0.333. The lowest BCUT2D eigenvalue weighted by Crippen LogP contribution is -2.45. The molecule has 6 nitrogen and oxygen atoms in total. The minimum atomic E-state index is -0.672. The highest BCUT2D eigenvalue weighted by atomic mass is 16.5. The predicted molar refractivity (Wildman–Crippen MR) is 118 cm³/mol. The van der Waals surface area contributed by atoms with Gasteiger partial charge in [0.25, 0.3) is 0 Å². The van der Waals surface area contributed by atoms with Gasteiger partial charge >= 0.3 is 0 Å². The minimum Gasteiger partial charge on any atom is -0.490 e. The number of hydrogen-bond donors (Lipinski definition) is 2. The van der Waals surface area contributed by atoms with Crippen molar-refractivity contribution in [3.63, 3.8) is 0 Å². The fourth-order valence-electron chi connectivity index (χ4n) is 2.82. The molecule has 0 spiro atoms. The normalized spacial score (nSPS) is 12.8. The number of hydrogen-bond acceptors (Lipinski definition) is 4. The first-order valence-corrected chi connectivity index (χ1v) is 10.2. The van der Waals surface area contributed by atoms with Gasteiger partial charge in [0.1, 0.15) is 6.04 Å². The number of ether oxygens (including phenoxy) is 2. The van der Waals surface area contributed by atoms with E-state index in [1.807, 2.05) is 69.3 Å². The molecule has 0 aromatic heterocycles. The zero-order valence-electron chi connectivity index (χ0n) is 18.0. The van der Waals surface area contributed by atoms with Crippen LogP contribution in [0.2, 0.25) is 0 Å². The largest absolute Gasteiger partial charge is 0.490 e. The maximum Gasteiger partial charge on any atom is 0.244 e. The van der Waals surface area contributed by atoms with E-state index in [1.54, 1.807) is 13.0 Å². The Balaban J connectivity index is 1.94. The summed E-state index contributed by atoms with van der Waals surface area (Å²) >= 11 is 0. The van der Waals surface area contributed by atoms with Crippen LogP contribution in [0, 0.1) is 0 Å². The van der Waals surface area contributed by atoms with Crippen molar-refractivity contribution in [2.24, 2.45) is 0 Å². The Kier molecular flexibility index (Phi) is 8.94. The molecule has 2 N–H and O–H groups in total. The summed E-state index contributed by atoms with van der Waals surface area (Å²) in [6.45, 7) is 8.42. The highest BCUT2D eigenvalue weighted by molar-refractivity contribution is 5.95. The summed E-state index contributed by atoms with van der Waals surface area (Å²) in [6.07, 6.45) is 3.13. The molecule has 2 amide bonds. The number of amides is 2. The zero-order valence-corrected chi connectivity index (χ0v) is 18.0. The summed E-state index contributed by atoms with van der Waals surface area (Å²) in [7, 11) is 0. The third-order valence-corrected chi connectivity index (χ3v) is 4.40. The van der Waals surface area contributed by atoms with E-state index in [0.717, 1.165) is 11.1 Å². The number of carbonyl (C=O) groups excluding carboxylic acids is 2. The lowest BCUT2D eigenvalue weighted by molar-refractivity contribution is -0.127. The van der Waals surface area contributed by atoms with E-state index in [-0.39, 0.29) is 17.9 Å². The van der Waals surface area contributed by atoms with Crippen LogP contribution in [0.4, 0.5) is 0 Å². The summed E-state index contributed by atoms with van der Waals surface area (Å²) < 4.78 is 11.2. The van der Waals surface area contributed by atoms with Crippen LogP contribution in [0.25, 0.3) is 6.08 Å². The van der Waals surface area contributed by atoms with Crippen LogP contribution in [0.15, 0.2) is 54.6 Å². The molecular formula is C24H30N2O4. The van der Waals surface area contributed by atoms with Gasteiger partial charge in [-0.3, -0.25) is 9.59 Å². The van der Waals surface area contributed by atoms with E-state index in [2.05, 4.69) is 10.6 Å². The molecule has 2 rings (SSSR count). The molecule has 0 saturated carbocycles. The molecule has 160 valence electrons. The molecule has 2 aromatic rings. The smallest absolute Gasteiger partial charge is 0.244 e. The molecule has 0 heterocycles. The van der Waals surface area contributed by atoms with E-state index in [4.69, 9.17) is 9.47 Å². The topological polar surface area (TPSA) is 76.7 Å². The first-order valence-electron chi connectivity index (χ1n) is 10.2. The Morgan fingerprint density at radius 1 is 0.933 bits per heavy atom. The van der Waals surface area contributed by atoms with Crippen LogP contribution in [0.5, 0.6) is 11.5 Å². The quantitative estimate of drug-likeness (QED) is 0.583. The van der Waals surface area contributed by atoms with Crippen molar-refractivity contribution in [3.8, 4) is 11.5 Å². The SMILES string of the molecule is CCOc1ccc(C(C)NC(=O)C(C)NC(=O)/C=C/c2ccccc2)cc1OCC. The minimum absolute atomic E-state index is 0.258. The summed E-state index contributed by atoms with van der Waals surface area (Å²) in [5.41, 5.74) is 1.80. The third kappa shape index (κ3) is 6.95. The van der Waals surface area contributed by atoms with E-state index < -0.39 is 6.04 Å². The number of nitrogens with one attached hydrogen (secondary N) is 2. The van der Waals surface area contributed by atoms with E-state index in [1.165, 1.54) is 6.08 Å². The highest BCUT2D eigenvalue weighted by Crippen LogP contribution is 2.30. The van der Waals surface area contributed by atoms with Gasteiger partial charge in [0, 0.05) is 6.08 Å². The average molecular weight is 411 g/mol. The predicted octanol–water partition coefficient (Wildman–Crippen LogP) is 3.88. The van der Waals surface area contributed by atoms with Crippen LogP contribution < -0.4 is 20.1 Å². The van der Waals surface area contributed by atoms with Gasteiger partial charge in [0.15, 0.2) is 11.5 Å². The highest BCUT2D eigenvalue weighted by Gasteiger charge is 2.18. The second-order valence-electron chi connectivity index (χ2n) is 6.78. The van der Waals surface area contributed by atoms with Crippen molar-refractivity contribution in [1.82, 2.24) is 10.6 Å². The van der Waals surface area contributed by atoms with Crippen molar-refractivity contribution in [1.29, 1.82) is 0 Å². The van der Waals surface area contributed by atoms with Gasteiger partial charge in [-0.25, -0.2) is 0 Å². The molecule has 2 atom stereocenters. The van der Waals surface area contributed by atoms with Crippen molar-refractivity contribution in [3.05, 3.63) is 65.7 Å². The van der Waals surface area contributed by atoms with Crippen molar-refractivity contribution >= 4 is 17.9 Å². The maximum absolute atomic E-state index is 12.5. The standard InChI is InChI=1S/C24H30N2O4/c1-5-29-21-14-13-20(16-22(21)30-6-2)17(3)26-24(28)18(4)25-23(27)15-12-19-10-8-7-9-11-19/h7-18H,5-6H2,1-4H3,(H,25,27)(H,26,28)/b15-12+. The lowest BCUT2D eigenvalue weighted by Gasteiger charge is -2.20. The molecule has 0 radical (unpaired) electrons. The van der Waals surface area contributed by atoms with Crippen molar-refractivity contribution < 1.29 is 19.1 Å². The first-order chi connectivity index (χ1) is 14.4. The van der Waals surface area contributed by atoms with Crippen LogP contribution in [-0.4, -0.2) is 31.1 Å². The van der Waals surface area contributed by atoms with Gasteiger partial charge in [0.2, 0.25) is 11.8 Å². The van der Waals surface area contributed by atoms with Crippen LogP contribution >= 0.6 is 0 Å². The Bertz CT molecular complexity index is 865. The summed E-state index contributed by atoms with van der Waals surface area (Å²) in [6, 6.07) is 14.2. The molecule has 6 heteroatoms. The Hall–Kier alpha value is -3.28. The molecule has 0 aliphatic rings. The third-order valence-electron chi connectivity index (χ3n) is 4.40. The fourth-order valence-corrected chi connectivity index (χ4v) is 2.82. The molecule has 2 unspecified atom stereocenters. The van der Waals surface area contributed by atoms with Crippen molar-refractivity contribution in [2.75, 3.05) is 13.2 Å². The van der Waals surface area contributed by atoms with Gasteiger partial charge in [-0.1, -0.05) is 36.4 Å². The molecule has 2 aromatic carbocycles. The monoisotopic (exact) mass is 410 g/mol. The number of rotatable bonds is 10. The van der Waals surface area contributed by atoms with Gasteiger partial charge in [-0.15, -0.1) is 0 Å². The van der Waals surface area contributed by atoms with Crippen LogP contribution in [0.3, 0.4) is 0 Å². The maximum atomic E-state index is 12.5. The Labute approximate surface area is 178 Å². The lowest BCUT2D eigenvalue weighted by atomic mass is 10.1. The van der Waals surface area contributed by atoms with Crippen LogP contribution in [-0.2, 0) is 9.59 Å². The molecule has 0 aliphatic carbocycles. The van der Waals surface area contributed by atoms with E-state index >= 15 is 0 Å². The van der Waals surface area contributed by atoms with Gasteiger partial charge < -0.3 is 20.1 Å². The summed E-state index contributed by atoms with van der Waals surface area (Å²) in [5, 5.41) is 5.60. The van der Waals surface area contributed by atoms with Gasteiger partial charge in [0.05, 0.1) is 19.3 Å². The second kappa shape index (κ2) is 11.7. The molecule has 0 bridgehead atoms. The van der Waals surface area contributed by atoms with E-state index in [9.17, 15) is 9.59 Å². The summed E-state index contributed by atoms with van der Waals surface area (Å²) in [5.74, 6) is 0.725. The molecule has 30 heavy (non-hydrogen) atoms. The summed E-state index contributed by atoms with van der Waals surface area (Å²) in [4.78, 5) is 24.6. The Morgan fingerprint density at radius 2 is 1.60 bits per heavy atom. The van der Waals surface area contributed by atoms with Gasteiger partial charge in [-0.05, 0) is 57.0 Å². The number of benzene rings is 2. The molecule has 0 aliphatic heterocycles. The van der Waals surface area contributed by atoms with Crippen molar-refractivity contribution in [2.45, 2.75) is 39.8 Å².